The van der Waals surface area contributed by atoms with Gasteiger partial charge in [-0.3, -0.25) is 0 Å². The van der Waals surface area contributed by atoms with Gasteiger partial charge in [0.15, 0.2) is 6.29 Å². The number of hydrogen-bond acceptors (Lipinski definition) is 3. The van der Waals surface area contributed by atoms with Crippen molar-refractivity contribution >= 4 is 0 Å². The Balaban J connectivity index is 2.43. The minimum atomic E-state index is -1.02. The third-order valence-electron chi connectivity index (χ3n) is 1.38. The van der Waals surface area contributed by atoms with Crippen LogP contribution in [0.2, 0.25) is 0 Å². The Hall–Kier alpha value is -0.380. The summed E-state index contributed by atoms with van der Waals surface area (Å²) in [4.78, 5) is 0. The van der Waals surface area contributed by atoms with Gasteiger partial charge in [0.25, 0.3) is 0 Å². The van der Waals surface area contributed by atoms with E-state index in [9.17, 15) is 0 Å². The Morgan fingerprint density at radius 1 is 1.56 bits per heavy atom. The first-order valence-corrected chi connectivity index (χ1v) is 2.88. The monoisotopic (exact) mass is 130 g/mol. The first kappa shape index (κ1) is 6.74. The second kappa shape index (κ2) is 2.47. The maximum absolute atomic E-state index is 8.88. The molecule has 1 fully saturated rings. The van der Waals surface area contributed by atoms with Crippen molar-refractivity contribution in [3.8, 4) is 0 Å². The molecule has 3 atom stereocenters. The minimum absolute atomic E-state index is 0.185. The molecule has 1 saturated heterocycles. The van der Waals surface area contributed by atoms with Gasteiger partial charge in [-0.05, 0) is 0 Å². The third kappa shape index (κ3) is 1.30. The lowest BCUT2D eigenvalue weighted by atomic mass is 10.2. The van der Waals surface area contributed by atoms with Crippen molar-refractivity contribution in [2.24, 2.45) is 0 Å². The molecule has 0 aromatic heterocycles. The normalized spacial score (nSPS) is 43.1. The van der Waals surface area contributed by atoms with Crippen LogP contribution in [-0.4, -0.2) is 28.7 Å². The molecule has 0 aliphatic carbocycles. The van der Waals surface area contributed by atoms with Gasteiger partial charge in [-0.1, -0.05) is 6.08 Å². The van der Waals surface area contributed by atoms with Crippen molar-refractivity contribution in [3.05, 3.63) is 12.7 Å². The van der Waals surface area contributed by atoms with Crippen molar-refractivity contribution in [2.45, 2.75) is 24.9 Å². The lowest BCUT2D eigenvalue weighted by Crippen LogP contribution is -2.19. The van der Waals surface area contributed by atoms with E-state index in [-0.39, 0.29) is 6.10 Å². The highest BCUT2D eigenvalue weighted by atomic mass is 16.6. The number of hydrogen-bond donors (Lipinski definition) is 2. The molecule has 0 radical (unpaired) electrons. The van der Waals surface area contributed by atoms with Crippen molar-refractivity contribution in [1.82, 2.24) is 0 Å². The van der Waals surface area contributed by atoms with Crippen LogP contribution in [0.5, 0.6) is 0 Å². The Kier molecular flexibility index (Phi) is 1.85. The molecule has 0 bridgehead atoms. The number of rotatable bonds is 1. The molecular formula is C6H10O3. The van der Waals surface area contributed by atoms with Crippen molar-refractivity contribution in [3.63, 3.8) is 0 Å². The van der Waals surface area contributed by atoms with E-state index in [1.54, 1.807) is 6.08 Å². The standard InChI is InChI=1S/C6H10O3/c1-2-4-3-5(7)6(8)9-4/h2,4-8H,1,3H2. The van der Waals surface area contributed by atoms with E-state index in [2.05, 4.69) is 6.58 Å². The van der Waals surface area contributed by atoms with E-state index in [4.69, 9.17) is 14.9 Å². The molecule has 1 heterocycles. The summed E-state index contributed by atoms with van der Waals surface area (Å²) in [6, 6.07) is 0. The predicted molar refractivity (Wildman–Crippen MR) is 31.7 cm³/mol. The summed E-state index contributed by atoms with van der Waals surface area (Å²) in [5, 5.41) is 17.7. The average molecular weight is 130 g/mol. The summed E-state index contributed by atoms with van der Waals surface area (Å²) in [5.74, 6) is 0. The van der Waals surface area contributed by atoms with E-state index in [0.29, 0.717) is 6.42 Å². The van der Waals surface area contributed by atoms with Gasteiger partial charge in [-0.15, -0.1) is 6.58 Å². The van der Waals surface area contributed by atoms with Crippen LogP contribution in [0.4, 0.5) is 0 Å². The highest BCUT2D eigenvalue weighted by Crippen LogP contribution is 2.18. The summed E-state index contributed by atoms with van der Waals surface area (Å²) in [6.45, 7) is 3.46. The maximum Gasteiger partial charge on any atom is 0.181 e. The van der Waals surface area contributed by atoms with Gasteiger partial charge in [-0.2, -0.15) is 0 Å². The van der Waals surface area contributed by atoms with Gasteiger partial charge in [0, 0.05) is 6.42 Å². The van der Waals surface area contributed by atoms with E-state index >= 15 is 0 Å². The Morgan fingerprint density at radius 2 is 2.22 bits per heavy atom. The van der Waals surface area contributed by atoms with Gasteiger partial charge in [0.1, 0.15) is 6.10 Å². The van der Waals surface area contributed by atoms with Crippen LogP contribution in [0.1, 0.15) is 6.42 Å². The first-order valence-electron chi connectivity index (χ1n) is 2.88. The smallest absolute Gasteiger partial charge is 0.181 e. The van der Waals surface area contributed by atoms with Crippen LogP contribution >= 0.6 is 0 Å². The molecule has 0 saturated carbocycles. The Bertz CT molecular complexity index is 103. The quantitative estimate of drug-likeness (QED) is 0.476. The molecule has 9 heavy (non-hydrogen) atoms. The SMILES string of the molecule is C=CC1CC(O)C(O)O1. The van der Waals surface area contributed by atoms with E-state index in [0.717, 1.165) is 0 Å². The van der Waals surface area contributed by atoms with Crippen molar-refractivity contribution < 1.29 is 14.9 Å². The second-order valence-electron chi connectivity index (χ2n) is 2.10. The molecule has 0 amide bonds. The highest BCUT2D eigenvalue weighted by Gasteiger charge is 2.29. The molecule has 3 heteroatoms. The van der Waals surface area contributed by atoms with Crippen LogP contribution in [0, 0.1) is 0 Å². The molecule has 52 valence electrons. The van der Waals surface area contributed by atoms with Crippen LogP contribution < -0.4 is 0 Å². The third-order valence-corrected chi connectivity index (χ3v) is 1.38. The van der Waals surface area contributed by atoms with Crippen LogP contribution in [-0.2, 0) is 4.74 Å². The summed E-state index contributed by atoms with van der Waals surface area (Å²) in [6.07, 6.45) is 0.0698. The summed E-state index contributed by atoms with van der Waals surface area (Å²) >= 11 is 0. The number of ether oxygens (including phenoxy) is 1. The fourth-order valence-electron chi connectivity index (χ4n) is 0.832. The fourth-order valence-corrected chi connectivity index (χ4v) is 0.832. The molecule has 1 rings (SSSR count). The minimum Gasteiger partial charge on any atom is -0.388 e. The zero-order valence-corrected chi connectivity index (χ0v) is 5.03. The topological polar surface area (TPSA) is 49.7 Å². The summed E-state index contributed by atoms with van der Waals surface area (Å²) in [5.41, 5.74) is 0. The first-order chi connectivity index (χ1) is 4.24. The largest absolute Gasteiger partial charge is 0.388 e. The molecular weight excluding hydrogens is 120 g/mol. The van der Waals surface area contributed by atoms with Crippen LogP contribution in [0.3, 0.4) is 0 Å². The van der Waals surface area contributed by atoms with E-state index in [1.165, 1.54) is 0 Å². The van der Waals surface area contributed by atoms with Gasteiger partial charge in [0.05, 0.1) is 6.10 Å². The number of aliphatic hydroxyl groups is 2. The zero-order valence-electron chi connectivity index (χ0n) is 5.03. The van der Waals surface area contributed by atoms with Gasteiger partial charge >= 0.3 is 0 Å². The predicted octanol–water partition coefficient (Wildman–Crippen LogP) is -0.359. The lowest BCUT2D eigenvalue weighted by Gasteiger charge is -2.03. The van der Waals surface area contributed by atoms with Crippen molar-refractivity contribution in [2.75, 3.05) is 0 Å². The molecule has 0 aromatic carbocycles. The Morgan fingerprint density at radius 3 is 2.44 bits per heavy atom. The summed E-state index contributed by atoms with van der Waals surface area (Å²) in [7, 11) is 0. The van der Waals surface area contributed by atoms with Gasteiger partial charge in [0.2, 0.25) is 0 Å². The van der Waals surface area contributed by atoms with Gasteiger partial charge < -0.3 is 14.9 Å². The second-order valence-corrected chi connectivity index (χ2v) is 2.10. The highest BCUT2D eigenvalue weighted by molar-refractivity contribution is 4.87. The molecule has 2 N–H and O–H groups in total. The van der Waals surface area contributed by atoms with Crippen LogP contribution in [0.15, 0.2) is 12.7 Å². The molecule has 0 spiro atoms. The van der Waals surface area contributed by atoms with E-state index < -0.39 is 12.4 Å². The lowest BCUT2D eigenvalue weighted by molar-refractivity contribution is -0.119. The zero-order chi connectivity index (χ0) is 6.85. The number of aliphatic hydroxyl groups excluding tert-OH is 2. The molecule has 3 nitrogen and oxygen atoms in total. The molecule has 3 unspecified atom stereocenters. The average Bonchev–Trinajstić information content (AvgIpc) is 2.13. The van der Waals surface area contributed by atoms with E-state index in [1.807, 2.05) is 0 Å². The fraction of sp³-hybridized carbons (Fsp3) is 0.667. The summed E-state index contributed by atoms with van der Waals surface area (Å²) < 4.78 is 4.81. The molecule has 1 aliphatic rings. The molecule has 1 aliphatic heterocycles. The van der Waals surface area contributed by atoms with Crippen LogP contribution in [0.25, 0.3) is 0 Å². The Labute approximate surface area is 53.6 Å². The van der Waals surface area contributed by atoms with Gasteiger partial charge in [-0.25, -0.2) is 0 Å². The molecule has 0 aromatic rings. The maximum atomic E-state index is 8.88. The van der Waals surface area contributed by atoms with Crippen molar-refractivity contribution in [1.29, 1.82) is 0 Å².